The van der Waals surface area contributed by atoms with Crippen molar-refractivity contribution in [1.82, 2.24) is 25.0 Å². The minimum Gasteiger partial charge on any atom is -0.474 e. The highest BCUT2D eigenvalue weighted by Gasteiger charge is 2.41. The van der Waals surface area contributed by atoms with Crippen LogP contribution in [0.2, 0.25) is 0 Å². The number of morpholine rings is 1. The first-order valence-corrected chi connectivity index (χ1v) is 18.8. The maximum atomic E-state index is 14.6. The highest BCUT2D eigenvalue weighted by molar-refractivity contribution is 5.99. The molecule has 3 aliphatic heterocycles. The summed E-state index contributed by atoms with van der Waals surface area (Å²) in [5, 5.41) is 3.02. The average Bonchev–Trinajstić information content (AvgIpc) is 3.91. The fourth-order valence-electron chi connectivity index (χ4n) is 7.43. The van der Waals surface area contributed by atoms with Crippen LogP contribution in [0.4, 0.5) is 14.9 Å². The van der Waals surface area contributed by atoms with Crippen molar-refractivity contribution in [2.24, 2.45) is 5.92 Å². The van der Waals surface area contributed by atoms with E-state index in [1.165, 1.54) is 12.1 Å². The Kier molecular flexibility index (Phi) is 11.4. The lowest BCUT2D eigenvalue weighted by molar-refractivity contribution is -0.123. The van der Waals surface area contributed by atoms with Crippen LogP contribution >= 0.6 is 0 Å². The summed E-state index contributed by atoms with van der Waals surface area (Å²) in [6.07, 6.45) is 2.16. The molecular weight excluding hydrogens is 667 g/mol. The molecule has 0 spiro atoms. The monoisotopic (exact) mass is 722 g/mol. The van der Waals surface area contributed by atoms with E-state index < -0.39 is 5.60 Å². The van der Waals surface area contributed by atoms with Crippen molar-refractivity contribution in [2.75, 3.05) is 57.4 Å². The maximum absolute atomic E-state index is 14.6. The van der Waals surface area contributed by atoms with Gasteiger partial charge in [0, 0.05) is 50.3 Å². The van der Waals surface area contributed by atoms with Gasteiger partial charge in [-0.15, -0.1) is 0 Å². The number of carbonyl (C=O) groups is 3. The number of piperazine rings is 1. The molecule has 3 amide bonds. The molecule has 1 aliphatic carbocycles. The first-order chi connectivity index (χ1) is 24.7. The fourth-order valence-corrected chi connectivity index (χ4v) is 7.43. The molecule has 1 aromatic carbocycles. The fraction of sp³-hybridized carbons (Fsp3) is 0.641. The summed E-state index contributed by atoms with van der Waals surface area (Å²) in [6, 6.07) is 7.75. The van der Waals surface area contributed by atoms with Crippen molar-refractivity contribution in [3.05, 3.63) is 53.0 Å². The van der Waals surface area contributed by atoms with Crippen LogP contribution < -0.4 is 15.0 Å². The van der Waals surface area contributed by atoms with E-state index >= 15 is 0 Å². The predicted octanol–water partition coefficient (Wildman–Crippen LogP) is 4.48. The molecule has 52 heavy (non-hydrogen) atoms. The number of ether oxygens (including phenoxy) is 3. The van der Waals surface area contributed by atoms with E-state index in [4.69, 9.17) is 19.2 Å². The molecule has 3 fully saturated rings. The highest BCUT2D eigenvalue weighted by atomic mass is 19.1. The molecule has 2 aromatic rings. The Morgan fingerprint density at radius 1 is 0.962 bits per heavy atom. The number of carbonyl (C=O) groups excluding carboxylic acids is 3. The quantitative estimate of drug-likeness (QED) is 0.400. The van der Waals surface area contributed by atoms with Gasteiger partial charge >= 0.3 is 6.09 Å². The van der Waals surface area contributed by atoms with Gasteiger partial charge in [-0.05, 0) is 103 Å². The van der Waals surface area contributed by atoms with Crippen molar-refractivity contribution < 1.29 is 33.0 Å². The average molecular weight is 723 g/mol. The number of amides is 3. The highest BCUT2D eigenvalue weighted by Crippen LogP contribution is 2.36. The molecule has 13 heteroatoms. The molecule has 0 radical (unpaired) electrons. The van der Waals surface area contributed by atoms with Gasteiger partial charge in [0.15, 0.2) is 0 Å². The number of hydrogen-bond acceptors (Lipinski definition) is 9. The van der Waals surface area contributed by atoms with Crippen LogP contribution in [-0.2, 0) is 20.7 Å². The molecule has 4 aliphatic rings. The molecule has 12 nitrogen and oxygen atoms in total. The Morgan fingerprint density at radius 3 is 2.31 bits per heavy atom. The largest absolute Gasteiger partial charge is 0.474 e. The number of pyridine rings is 1. The summed E-state index contributed by atoms with van der Waals surface area (Å²) in [5.74, 6) is -0.0338. The van der Waals surface area contributed by atoms with Gasteiger partial charge < -0.3 is 29.3 Å². The zero-order valence-electron chi connectivity index (χ0n) is 31.7. The van der Waals surface area contributed by atoms with Crippen LogP contribution in [0.3, 0.4) is 0 Å². The van der Waals surface area contributed by atoms with Crippen LogP contribution in [0.1, 0.15) is 82.9 Å². The summed E-state index contributed by atoms with van der Waals surface area (Å²) in [4.78, 5) is 54.3. The molecule has 0 unspecified atom stereocenters. The van der Waals surface area contributed by atoms with Crippen molar-refractivity contribution in [1.29, 1.82) is 0 Å². The summed E-state index contributed by atoms with van der Waals surface area (Å²) in [5.41, 5.74) is 1.56. The second kappa shape index (κ2) is 15.7. The summed E-state index contributed by atoms with van der Waals surface area (Å²) >= 11 is 0. The van der Waals surface area contributed by atoms with Gasteiger partial charge in [0.1, 0.15) is 29.4 Å². The number of benzene rings is 1. The number of hydrogen-bond donors (Lipinski definition) is 1. The van der Waals surface area contributed by atoms with E-state index in [9.17, 15) is 18.8 Å². The molecule has 6 rings (SSSR count). The number of nitrogens with zero attached hydrogens (tertiary/aromatic N) is 5. The second-order valence-corrected chi connectivity index (χ2v) is 16.2. The smallest absolute Gasteiger partial charge is 0.410 e. The first-order valence-electron chi connectivity index (χ1n) is 18.8. The van der Waals surface area contributed by atoms with Gasteiger partial charge in [-0.25, -0.2) is 14.2 Å². The number of anilines is 1. The Morgan fingerprint density at radius 2 is 1.65 bits per heavy atom. The van der Waals surface area contributed by atoms with E-state index in [0.29, 0.717) is 63.0 Å². The first kappa shape index (κ1) is 37.9. The van der Waals surface area contributed by atoms with Crippen LogP contribution in [0.25, 0.3) is 0 Å². The van der Waals surface area contributed by atoms with Crippen LogP contribution in [0.15, 0.2) is 30.3 Å². The molecule has 2 saturated heterocycles. The zero-order chi connectivity index (χ0) is 37.3. The molecular formula is C39H55FN6O6. The molecule has 0 bridgehead atoms. The van der Waals surface area contributed by atoms with Crippen LogP contribution in [-0.4, -0.2) is 126 Å². The van der Waals surface area contributed by atoms with E-state index in [0.717, 1.165) is 18.4 Å². The Bertz CT molecular complexity index is 1600. The van der Waals surface area contributed by atoms with Crippen LogP contribution in [0.5, 0.6) is 5.88 Å². The molecule has 1 saturated carbocycles. The van der Waals surface area contributed by atoms with E-state index in [-0.39, 0.29) is 78.7 Å². The molecule has 5 atom stereocenters. The molecule has 4 heterocycles. The van der Waals surface area contributed by atoms with Gasteiger partial charge in [-0.3, -0.25) is 19.4 Å². The summed E-state index contributed by atoms with van der Waals surface area (Å²) in [7, 11) is 0. The van der Waals surface area contributed by atoms with Gasteiger partial charge in [0.05, 0.1) is 25.8 Å². The van der Waals surface area contributed by atoms with Crippen molar-refractivity contribution >= 4 is 23.6 Å². The van der Waals surface area contributed by atoms with Gasteiger partial charge in [-0.2, -0.15) is 0 Å². The Hall–Kier alpha value is -3.81. The molecule has 284 valence electrons. The third-order valence-corrected chi connectivity index (χ3v) is 10.4. The van der Waals surface area contributed by atoms with Crippen molar-refractivity contribution in [3.63, 3.8) is 0 Å². The third kappa shape index (κ3) is 9.03. The van der Waals surface area contributed by atoms with Gasteiger partial charge in [0.2, 0.25) is 11.8 Å². The van der Waals surface area contributed by atoms with E-state index in [2.05, 4.69) is 29.0 Å². The topological polar surface area (TPSA) is 117 Å². The third-order valence-electron chi connectivity index (χ3n) is 10.4. The summed E-state index contributed by atoms with van der Waals surface area (Å²) < 4.78 is 31.5. The number of nitrogens with one attached hydrogen (secondary N) is 1. The van der Waals surface area contributed by atoms with Crippen molar-refractivity contribution in [2.45, 2.75) is 104 Å². The number of rotatable bonds is 9. The zero-order valence-corrected chi connectivity index (χ0v) is 31.7. The minimum atomic E-state index is -0.631. The normalized spacial score (nSPS) is 25.7. The molecule has 1 aromatic heterocycles. The standard InChI is InChI=1S/C39H55FN6O6/c1-24-17-43(32(18-44-25(2)21-50-22-26(44)3)19-45(24)38(49)52-39(5,6)7)20-34(47)46-27(4)23-51-37-33(46)15-30(14-28-10-12-31(40)13-11-28)35(42-37)36(48)41-16-29-8-9-29/h10-13,15,24-27,29,32H,8-9,14,16-23H2,1-7H3,(H,41,48)/t24-,25-,26-,27+,32+/m1/s1. The van der Waals surface area contributed by atoms with Crippen molar-refractivity contribution in [3.8, 4) is 5.88 Å². The SMILES string of the molecule is C[C@@H]1CN(CC(=O)N2c3cc(Cc4ccc(F)cc4)c(C(=O)NCC4CC4)nc3OC[C@@H]2C)[C@@H](CN2[C@H](C)COC[C@H]2C)CN1C(=O)OC(C)(C)C. The Balaban J connectivity index is 1.28. The lowest BCUT2D eigenvalue weighted by Gasteiger charge is -2.49. The minimum absolute atomic E-state index is 0.116. The Labute approximate surface area is 306 Å². The maximum Gasteiger partial charge on any atom is 0.410 e. The lowest BCUT2D eigenvalue weighted by atomic mass is 10.0. The number of halogens is 1. The van der Waals surface area contributed by atoms with Crippen LogP contribution in [0, 0.1) is 11.7 Å². The van der Waals surface area contributed by atoms with Gasteiger partial charge in [-0.1, -0.05) is 12.1 Å². The predicted molar refractivity (Wildman–Crippen MR) is 195 cm³/mol. The van der Waals surface area contributed by atoms with Gasteiger partial charge in [0.25, 0.3) is 5.91 Å². The van der Waals surface area contributed by atoms with E-state index in [1.54, 1.807) is 21.9 Å². The number of aromatic nitrogens is 1. The molecule has 1 N–H and O–H groups in total. The second-order valence-electron chi connectivity index (χ2n) is 16.2. The lowest BCUT2D eigenvalue weighted by Crippen LogP contribution is -2.65. The summed E-state index contributed by atoms with van der Waals surface area (Å²) in [6.45, 7) is 17.5. The number of fused-ring (bicyclic) bond motifs is 1. The van der Waals surface area contributed by atoms with E-state index in [1.807, 2.05) is 40.7 Å².